The number of hydrogen-bond donors (Lipinski definition) is 2. The van der Waals surface area contributed by atoms with Crippen LogP contribution in [-0.2, 0) is 11.3 Å². The Morgan fingerprint density at radius 2 is 2.17 bits per heavy atom. The van der Waals surface area contributed by atoms with Gasteiger partial charge in [-0.1, -0.05) is 6.07 Å². The van der Waals surface area contributed by atoms with Crippen molar-refractivity contribution in [2.24, 2.45) is 0 Å². The molecule has 4 aromatic rings. The molecule has 1 amide bonds. The number of nitrogens with zero attached hydrogens (tertiary/aromatic N) is 3. The van der Waals surface area contributed by atoms with Gasteiger partial charge in [0.25, 0.3) is 5.91 Å². The lowest BCUT2D eigenvalue weighted by Crippen LogP contribution is -2.35. The van der Waals surface area contributed by atoms with Crippen LogP contribution in [0.3, 0.4) is 0 Å². The number of morpholine rings is 1. The molecule has 0 saturated carbocycles. The SMILES string of the molecule is O=C(Nc1ccc2nc(CN3CCOCC3)[nH]c2c1)c1cnc(-c2cccs2)s1. The first-order valence-corrected chi connectivity index (χ1v) is 11.0. The molecule has 9 heteroatoms. The van der Waals surface area contributed by atoms with Crippen LogP contribution in [0.2, 0.25) is 0 Å². The number of imidazole rings is 1. The van der Waals surface area contributed by atoms with Crippen molar-refractivity contribution in [3.63, 3.8) is 0 Å². The number of carbonyl (C=O) groups excluding carboxylic acids is 1. The molecule has 0 radical (unpaired) electrons. The van der Waals surface area contributed by atoms with Crippen molar-refractivity contribution in [2.75, 3.05) is 31.6 Å². The van der Waals surface area contributed by atoms with Gasteiger partial charge in [0.15, 0.2) is 0 Å². The number of H-pyrrole nitrogens is 1. The summed E-state index contributed by atoms with van der Waals surface area (Å²) in [5.74, 6) is 0.770. The molecule has 0 unspecified atom stereocenters. The molecular weight excluding hydrogens is 406 g/mol. The minimum Gasteiger partial charge on any atom is -0.379 e. The maximum atomic E-state index is 12.6. The van der Waals surface area contributed by atoms with E-state index in [1.165, 1.54) is 11.3 Å². The van der Waals surface area contributed by atoms with Gasteiger partial charge in [-0.2, -0.15) is 0 Å². The number of rotatable bonds is 5. The number of benzene rings is 1. The number of hydrogen-bond acceptors (Lipinski definition) is 7. The largest absolute Gasteiger partial charge is 0.379 e. The second kappa shape index (κ2) is 8.03. The molecule has 4 heterocycles. The summed E-state index contributed by atoms with van der Waals surface area (Å²) >= 11 is 3.01. The van der Waals surface area contributed by atoms with Crippen molar-refractivity contribution in [1.29, 1.82) is 0 Å². The number of ether oxygens (including phenoxy) is 1. The Labute approximate surface area is 175 Å². The normalized spacial score (nSPS) is 15.0. The first-order valence-electron chi connectivity index (χ1n) is 9.34. The zero-order valence-electron chi connectivity index (χ0n) is 15.6. The molecular formula is C20H19N5O2S2. The van der Waals surface area contributed by atoms with Crippen LogP contribution in [0, 0.1) is 0 Å². The predicted molar refractivity (Wildman–Crippen MR) is 116 cm³/mol. The number of aromatic amines is 1. The van der Waals surface area contributed by atoms with Crippen LogP contribution in [0.25, 0.3) is 20.9 Å². The van der Waals surface area contributed by atoms with Crippen LogP contribution >= 0.6 is 22.7 Å². The Kier molecular flexibility index (Phi) is 5.11. The summed E-state index contributed by atoms with van der Waals surface area (Å²) in [5, 5.41) is 5.83. The fourth-order valence-electron chi connectivity index (χ4n) is 3.27. The molecule has 2 N–H and O–H groups in total. The lowest BCUT2D eigenvalue weighted by molar-refractivity contribution is 0.0332. The van der Waals surface area contributed by atoms with Gasteiger partial charge in [-0.25, -0.2) is 9.97 Å². The highest BCUT2D eigenvalue weighted by molar-refractivity contribution is 7.22. The molecule has 5 rings (SSSR count). The van der Waals surface area contributed by atoms with E-state index in [1.54, 1.807) is 17.5 Å². The van der Waals surface area contributed by atoms with E-state index in [0.29, 0.717) is 4.88 Å². The maximum Gasteiger partial charge on any atom is 0.267 e. The monoisotopic (exact) mass is 425 g/mol. The molecule has 148 valence electrons. The van der Waals surface area contributed by atoms with E-state index in [1.807, 2.05) is 35.7 Å². The topological polar surface area (TPSA) is 83.1 Å². The molecule has 1 aliphatic heterocycles. The van der Waals surface area contributed by atoms with Crippen molar-refractivity contribution in [1.82, 2.24) is 19.9 Å². The van der Waals surface area contributed by atoms with Crippen molar-refractivity contribution in [3.05, 3.63) is 52.6 Å². The summed E-state index contributed by atoms with van der Waals surface area (Å²) in [4.78, 5) is 29.0. The third-order valence-corrected chi connectivity index (χ3v) is 6.76. The average Bonchev–Trinajstić information content (AvgIpc) is 3.48. The van der Waals surface area contributed by atoms with Gasteiger partial charge in [-0.05, 0) is 29.6 Å². The first kappa shape index (κ1) is 18.4. The van der Waals surface area contributed by atoms with E-state index >= 15 is 0 Å². The number of thiophene rings is 1. The van der Waals surface area contributed by atoms with Crippen molar-refractivity contribution >= 4 is 45.3 Å². The Bertz CT molecular complexity index is 1130. The Morgan fingerprint density at radius 3 is 3.00 bits per heavy atom. The number of nitrogens with one attached hydrogen (secondary N) is 2. The molecule has 1 saturated heterocycles. The standard InChI is InChI=1S/C20H19N5O2S2/c26-19(17-11-21-20(29-17)16-2-1-9-28-16)22-13-3-4-14-15(10-13)24-18(23-14)12-25-5-7-27-8-6-25/h1-4,9-11H,5-8,12H2,(H,22,26)(H,23,24). The molecule has 0 bridgehead atoms. The van der Waals surface area contributed by atoms with E-state index in [4.69, 9.17) is 4.74 Å². The quantitative estimate of drug-likeness (QED) is 0.508. The van der Waals surface area contributed by atoms with Gasteiger partial charge in [0.2, 0.25) is 0 Å². The second-order valence-electron chi connectivity index (χ2n) is 6.77. The van der Waals surface area contributed by atoms with Crippen LogP contribution in [0.4, 0.5) is 5.69 Å². The van der Waals surface area contributed by atoms with Crippen LogP contribution in [0.5, 0.6) is 0 Å². The van der Waals surface area contributed by atoms with E-state index in [9.17, 15) is 4.79 Å². The highest BCUT2D eigenvalue weighted by Crippen LogP contribution is 2.29. The van der Waals surface area contributed by atoms with Gasteiger partial charge in [0, 0.05) is 18.8 Å². The highest BCUT2D eigenvalue weighted by atomic mass is 32.1. The summed E-state index contributed by atoms with van der Waals surface area (Å²) in [6, 6.07) is 9.71. The van der Waals surface area contributed by atoms with Gasteiger partial charge in [-0.15, -0.1) is 22.7 Å². The van der Waals surface area contributed by atoms with E-state index < -0.39 is 0 Å². The minimum atomic E-state index is -0.155. The Hall–Kier alpha value is -2.59. The van der Waals surface area contributed by atoms with Gasteiger partial charge in [0.1, 0.15) is 15.7 Å². The molecule has 1 aromatic carbocycles. The van der Waals surface area contributed by atoms with Crippen molar-refractivity contribution in [3.8, 4) is 9.88 Å². The van der Waals surface area contributed by atoms with Crippen LogP contribution in [0.1, 0.15) is 15.5 Å². The first-order chi connectivity index (χ1) is 14.2. The predicted octanol–water partition coefficient (Wildman–Crippen LogP) is 3.83. The molecule has 0 atom stereocenters. The van der Waals surface area contributed by atoms with Gasteiger partial charge in [0.05, 0.1) is 41.9 Å². The second-order valence-corrected chi connectivity index (χ2v) is 8.74. The number of fused-ring (bicyclic) bond motifs is 1. The summed E-state index contributed by atoms with van der Waals surface area (Å²) in [7, 11) is 0. The van der Waals surface area contributed by atoms with Crippen LogP contribution in [-0.4, -0.2) is 52.1 Å². The van der Waals surface area contributed by atoms with Gasteiger partial charge >= 0.3 is 0 Å². The number of carbonyl (C=O) groups is 1. The Balaban J connectivity index is 1.29. The summed E-state index contributed by atoms with van der Waals surface area (Å²) in [5.41, 5.74) is 2.54. The number of amides is 1. The van der Waals surface area contributed by atoms with Gasteiger partial charge < -0.3 is 15.0 Å². The summed E-state index contributed by atoms with van der Waals surface area (Å²) < 4.78 is 5.39. The highest BCUT2D eigenvalue weighted by Gasteiger charge is 2.15. The van der Waals surface area contributed by atoms with Gasteiger partial charge in [-0.3, -0.25) is 9.69 Å². The lowest BCUT2D eigenvalue weighted by Gasteiger charge is -2.25. The van der Waals surface area contributed by atoms with Crippen molar-refractivity contribution < 1.29 is 9.53 Å². The minimum absolute atomic E-state index is 0.155. The number of aromatic nitrogens is 3. The fourth-order valence-corrected chi connectivity index (χ4v) is 4.89. The fraction of sp³-hybridized carbons (Fsp3) is 0.250. The average molecular weight is 426 g/mol. The molecule has 0 aliphatic carbocycles. The Morgan fingerprint density at radius 1 is 1.28 bits per heavy atom. The molecule has 29 heavy (non-hydrogen) atoms. The molecule has 1 aliphatic rings. The summed E-state index contributed by atoms with van der Waals surface area (Å²) in [6.45, 7) is 4.14. The van der Waals surface area contributed by atoms with E-state index in [-0.39, 0.29) is 5.91 Å². The summed E-state index contributed by atoms with van der Waals surface area (Å²) in [6.07, 6.45) is 1.63. The zero-order valence-corrected chi connectivity index (χ0v) is 17.2. The number of anilines is 1. The van der Waals surface area contributed by atoms with E-state index in [2.05, 4.69) is 25.2 Å². The third kappa shape index (κ3) is 4.08. The zero-order chi connectivity index (χ0) is 19.6. The maximum absolute atomic E-state index is 12.6. The van der Waals surface area contributed by atoms with Crippen molar-refractivity contribution in [2.45, 2.75) is 6.54 Å². The smallest absolute Gasteiger partial charge is 0.267 e. The molecule has 0 spiro atoms. The third-order valence-electron chi connectivity index (χ3n) is 4.73. The number of thiazole rings is 1. The van der Waals surface area contributed by atoms with Crippen LogP contribution < -0.4 is 5.32 Å². The molecule has 3 aromatic heterocycles. The molecule has 1 fully saturated rings. The molecule has 7 nitrogen and oxygen atoms in total. The lowest BCUT2D eigenvalue weighted by atomic mass is 10.2. The van der Waals surface area contributed by atoms with Crippen LogP contribution in [0.15, 0.2) is 41.9 Å². The van der Waals surface area contributed by atoms with E-state index in [0.717, 1.165) is 65.3 Å².